The number of hydrogen-bond acceptors (Lipinski definition) is 3. The van der Waals surface area contributed by atoms with Gasteiger partial charge in [0.15, 0.2) is 0 Å². The summed E-state index contributed by atoms with van der Waals surface area (Å²) in [6.07, 6.45) is 0. The summed E-state index contributed by atoms with van der Waals surface area (Å²) < 4.78 is 53.1. The number of amides is 1. The van der Waals surface area contributed by atoms with E-state index < -0.39 is 26.6 Å². The van der Waals surface area contributed by atoms with Gasteiger partial charge in [0.2, 0.25) is 10.0 Å². The molecule has 5 nitrogen and oxygen atoms in total. The number of nitrogens with one attached hydrogen (secondary N) is 1. The summed E-state index contributed by atoms with van der Waals surface area (Å²) in [6, 6.07) is 8.80. The second-order valence-electron chi connectivity index (χ2n) is 5.54. The predicted molar refractivity (Wildman–Crippen MR) is 94.1 cm³/mol. The lowest BCUT2D eigenvalue weighted by Crippen LogP contribution is -2.31. The molecule has 1 N–H and O–H groups in total. The van der Waals surface area contributed by atoms with Crippen LogP contribution in [0.5, 0.6) is 0 Å². The van der Waals surface area contributed by atoms with Crippen LogP contribution in [0.3, 0.4) is 0 Å². The molecule has 8 heteroatoms. The Morgan fingerprint density at radius 3 is 2.23 bits per heavy atom. The van der Waals surface area contributed by atoms with Gasteiger partial charge in [-0.3, -0.25) is 4.79 Å². The molecule has 0 fully saturated rings. The number of sulfonamides is 1. The molecule has 0 saturated heterocycles. The van der Waals surface area contributed by atoms with Gasteiger partial charge in [0.1, 0.15) is 16.5 Å². The fourth-order valence-electron chi connectivity index (χ4n) is 2.43. The van der Waals surface area contributed by atoms with Crippen molar-refractivity contribution in [3.8, 4) is 0 Å². The van der Waals surface area contributed by atoms with Crippen molar-refractivity contribution in [2.75, 3.05) is 13.1 Å². The predicted octanol–water partition coefficient (Wildman–Crippen LogP) is 2.93. The summed E-state index contributed by atoms with van der Waals surface area (Å²) in [5.41, 5.74) is 0.706. The van der Waals surface area contributed by atoms with Crippen LogP contribution in [0.15, 0.2) is 47.4 Å². The quantitative estimate of drug-likeness (QED) is 0.801. The molecule has 2 rings (SSSR count). The van der Waals surface area contributed by atoms with E-state index in [-0.39, 0.29) is 31.0 Å². The van der Waals surface area contributed by atoms with E-state index in [0.29, 0.717) is 5.56 Å². The first-order chi connectivity index (χ1) is 12.3. The number of hydrogen-bond donors (Lipinski definition) is 1. The number of carbonyl (C=O) groups excluding carboxylic acids is 1. The molecule has 2 aromatic rings. The van der Waals surface area contributed by atoms with E-state index in [1.165, 1.54) is 30.3 Å². The van der Waals surface area contributed by atoms with Crippen molar-refractivity contribution in [1.82, 2.24) is 9.62 Å². The van der Waals surface area contributed by atoms with Gasteiger partial charge in [0, 0.05) is 25.2 Å². The maximum atomic E-state index is 14.1. The van der Waals surface area contributed by atoms with Gasteiger partial charge in [-0.2, -0.15) is 4.31 Å². The van der Waals surface area contributed by atoms with Gasteiger partial charge in [0.05, 0.1) is 0 Å². The highest BCUT2D eigenvalue weighted by Gasteiger charge is 2.26. The van der Waals surface area contributed by atoms with Crippen LogP contribution in [0.1, 0.15) is 29.8 Å². The van der Waals surface area contributed by atoms with Crippen molar-refractivity contribution in [1.29, 1.82) is 0 Å². The van der Waals surface area contributed by atoms with Crippen molar-refractivity contribution in [3.05, 3.63) is 65.2 Å². The summed E-state index contributed by atoms with van der Waals surface area (Å²) in [4.78, 5) is 11.7. The molecule has 0 spiro atoms. The highest BCUT2D eigenvalue weighted by atomic mass is 32.2. The minimum atomic E-state index is -4.02. The summed E-state index contributed by atoms with van der Waals surface area (Å²) in [5, 5.41) is 2.60. The smallest absolute Gasteiger partial charge is 0.251 e. The Balaban J connectivity index is 2.22. The van der Waals surface area contributed by atoms with Crippen molar-refractivity contribution in [2.24, 2.45) is 0 Å². The normalized spacial score (nSPS) is 11.6. The zero-order valence-corrected chi connectivity index (χ0v) is 15.3. The zero-order valence-electron chi connectivity index (χ0n) is 14.5. The molecule has 0 aliphatic rings. The van der Waals surface area contributed by atoms with Crippen LogP contribution < -0.4 is 5.32 Å². The molecule has 0 aromatic heterocycles. The Hall–Kier alpha value is -2.32. The van der Waals surface area contributed by atoms with Gasteiger partial charge < -0.3 is 5.32 Å². The Morgan fingerprint density at radius 1 is 1.04 bits per heavy atom. The molecule has 0 aliphatic carbocycles. The van der Waals surface area contributed by atoms with E-state index in [9.17, 15) is 22.0 Å². The van der Waals surface area contributed by atoms with Crippen LogP contribution in [-0.2, 0) is 16.6 Å². The highest BCUT2D eigenvalue weighted by Crippen LogP contribution is 2.21. The highest BCUT2D eigenvalue weighted by molar-refractivity contribution is 7.89. The van der Waals surface area contributed by atoms with Crippen LogP contribution in [0.4, 0.5) is 8.78 Å². The fourth-order valence-corrected chi connectivity index (χ4v) is 3.98. The van der Waals surface area contributed by atoms with Crippen molar-refractivity contribution in [3.63, 3.8) is 0 Å². The maximum absolute atomic E-state index is 14.1. The SMILES string of the molecule is CCN(CC)S(=O)(=O)c1cc(C(=O)NCc2ccc(F)cc2)ccc1F. The fraction of sp³-hybridized carbons (Fsp3) is 0.278. The number of carbonyl (C=O) groups is 1. The van der Waals surface area contributed by atoms with Crippen molar-refractivity contribution < 1.29 is 22.0 Å². The monoisotopic (exact) mass is 382 g/mol. The molecular weight excluding hydrogens is 362 g/mol. The molecule has 0 saturated carbocycles. The van der Waals surface area contributed by atoms with E-state index >= 15 is 0 Å². The minimum Gasteiger partial charge on any atom is -0.348 e. The minimum absolute atomic E-state index is 0.0271. The van der Waals surface area contributed by atoms with E-state index in [1.807, 2.05) is 0 Å². The molecule has 0 unspecified atom stereocenters. The van der Waals surface area contributed by atoms with Crippen molar-refractivity contribution in [2.45, 2.75) is 25.3 Å². The molecule has 140 valence electrons. The number of halogens is 2. The summed E-state index contributed by atoms with van der Waals surface area (Å²) in [7, 11) is -4.02. The third-order valence-corrected chi connectivity index (χ3v) is 5.95. The summed E-state index contributed by atoms with van der Waals surface area (Å²) >= 11 is 0. The second-order valence-corrected chi connectivity index (χ2v) is 7.45. The van der Waals surface area contributed by atoms with E-state index in [4.69, 9.17) is 0 Å². The van der Waals surface area contributed by atoms with Crippen LogP contribution in [0, 0.1) is 11.6 Å². The Morgan fingerprint density at radius 2 is 1.65 bits per heavy atom. The second kappa shape index (κ2) is 8.37. The summed E-state index contributed by atoms with van der Waals surface area (Å²) in [6.45, 7) is 3.82. The lowest BCUT2D eigenvalue weighted by molar-refractivity contribution is 0.0950. The van der Waals surface area contributed by atoms with E-state index in [1.54, 1.807) is 13.8 Å². The molecular formula is C18H20F2N2O3S. The Labute approximate surface area is 151 Å². The summed E-state index contributed by atoms with van der Waals surface area (Å²) in [5.74, 6) is -1.85. The average molecular weight is 382 g/mol. The van der Waals surface area contributed by atoms with Crippen LogP contribution in [0.25, 0.3) is 0 Å². The van der Waals surface area contributed by atoms with Crippen LogP contribution in [-0.4, -0.2) is 31.7 Å². The maximum Gasteiger partial charge on any atom is 0.251 e. The lowest BCUT2D eigenvalue weighted by atomic mass is 10.2. The van der Waals surface area contributed by atoms with Crippen molar-refractivity contribution >= 4 is 15.9 Å². The molecule has 2 aromatic carbocycles. The molecule has 26 heavy (non-hydrogen) atoms. The van der Waals surface area contributed by atoms with Crippen LogP contribution >= 0.6 is 0 Å². The first kappa shape index (κ1) is 20.0. The first-order valence-corrected chi connectivity index (χ1v) is 9.56. The molecule has 0 heterocycles. The topological polar surface area (TPSA) is 66.5 Å². The van der Waals surface area contributed by atoms with Gasteiger partial charge in [-0.25, -0.2) is 17.2 Å². The number of benzene rings is 2. The molecule has 0 bridgehead atoms. The van der Waals surface area contributed by atoms with E-state index in [0.717, 1.165) is 16.4 Å². The van der Waals surface area contributed by atoms with Gasteiger partial charge in [-0.05, 0) is 35.9 Å². The largest absolute Gasteiger partial charge is 0.348 e. The lowest BCUT2D eigenvalue weighted by Gasteiger charge is -2.19. The Kier molecular flexibility index (Phi) is 6.44. The molecule has 0 aliphatic heterocycles. The van der Waals surface area contributed by atoms with Crippen LogP contribution in [0.2, 0.25) is 0 Å². The standard InChI is InChI=1S/C18H20F2N2O3S/c1-3-22(4-2)26(24,25)17-11-14(7-10-16(17)20)18(23)21-12-13-5-8-15(19)9-6-13/h5-11H,3-4,12H2,1-2H3,(H,21,23). The molecule has 1 amide bonds. The van der Waals surface area contributed by atoms with Gasteiger partial charge in [-0.1, -0.05) is 26.0 Å². The van der Waals surface area contributed by atoms with Gasteiger partial charge >= 0.3 is 0 Å². The average Bonchev–Trinajstić information content (AvgIpc) is 2.62. The number of rotatable bonds is 7. The zero-order chi connectivity index (χ0) is 19.3. The third-order valence-electron chi connectivity index (χ3n) is 3.88. The first-order valence-electron chi connectivity index (χ1n) is 8.12. The van der Waals surface area contributed by atoms with Gasteiger partial charge in [-0.15, -0.1) is 0 Å². The Bertz CT molecular complexity index is 880. The molecule has 0 atom stereocenters. The van der Waals surface area contributed by atoms with E-state index in [2.05, 4.69) is 5.32 Å². The third kappa shape index (κ3) is 4.44. The number of nitrogens with zero attached hydrogens (tertiary/aromatic N) is 1. The van der Waals surface area contributed by atoms with Gasteiger partial charge in [0.25, 0.3) is 5.91 Å². The molecule has 0 radical (unpaired) electrons.